The van der Waals surface area contributed by atoms with E-state index in [1.54, 1.807) is 0 Å². The minimum absolute atomic E-state index is 0.0280. The van der Waals surface area contributed by atoms with Crippen molar-refractivity contribution in [2.45, 2.75) is 258 Å². The molecule has 10 heteroatoms. The van der Waals surface area contributed by atoms with Crippen LogP contribution >= 0.6 is 7.82 Å². The summed E-state index contributed by atoms with van der Waals surface area (Å²) in [5, 5.41) is 0. The Hall–Kier alpha value is -1.51. The van der Waals surface area contributed by atoms with E-state index in [9.17, 15) is 19.0 Å². The van der Waals surface area contributed by atoms with E-state index in [1.165, 1.54) is 180 Å². The maximum Gasteiger partial charge on any atom is 0.306 e. The summed E-state index contributed by atoms with van der Waals surface area (Å²) in [5.41, 5.74) is 0. The highest BCUT2D eigenvalue weighted by Gasteiger charge is 2.21. The number of nitrogens with zero attached hydrogens (tertiary/aromatic N) is 1. The van der Waals surface area contributed by atoms with Gasteiger partial charge in [-0.2, -0.15) is 0 Å². The van der Waals surface area contributed by atoms with E-state index in [0.717, 1.165) is 38.5 Å². The number of likely N-dealkylation sites (N-methyl/N-ethyl adjacent to an activating group) is 1. The van der Waals surface area contributed by atoms with Gasteiger partial charge < -0.3 is 27.9 Å². The maximum absolute atomic E-state index is 12.7. The Labute approximate surface area is 389 Å². The zero-order chi connectivity index (χ0) is 46.4. The van der Waals surface area contributed by atoms with Gasteiger partial charge in [-0.3, -0.25) is 14.2 Å². The van der Waals surface area contributed by atoms with Crippen LogP contribution in [0.15, 0.2) is 24.3 Å². The molecule has 0 heterocycles. The highest BCUT2D eigenvalue weighted by Crippen LogP contribution is 2.38. The van der Waals surface area contributed by atoms with Crippen LogP contribution in [0.25, 0.3) is 0 Å². The second kappa shape index (κ2) is 45.6. The number of phosphoric acid groups is 1. The fourth-order valence-electron chi connectivity index (χ4n) is 7.57. The largest absolute Gasteiger partial charge is 0.756 e. The molecule has 0 spiro atoms. The molecule has 0 rings (SSSR count). The minimum atomic E-state index is -4.62. The summed E-state index contributed by atoms with van der Waals surface area (Å²) in [6.45, 7) is 4.25. The Morgan fingerprint density at radius 1 is 0.492 bits per heavy atom. The number of rotatable bonds is 49. The molecule has 0 fully saturated rings. The summed E-state index contributed by atoms with van der Waals surface area (Å²) >= 11 is 0. The Kier molecular flexibility index (Phi) is 44.5. The van der Waals surface area contributed by atoms with Gasteiger partial charge >= 0.3 is 11.9 Å². The first-order valence-electron chi connectivity index (χ1n) is 26.5. The summed E-state index contributed by atoms with van der Waals surface area (Å²) in [6, 6.07) is 0. The third-order valence-electron chi connectivity index (χ3n) is 11.7. The van der Waals surface area contributed by atoms with E-state index in [2.05, 4.69) is 38.2 Å². The van der Waals surface area contributed by atoms with Crippen LogP contribution in [-0.4, -0.2) is 70.0 Å². The number of carbonyl (C=O) groups is 2. The summed E-state index contributed by atoms with van der Waals surface area (Å²) < 4.78 is 34.0. The number of quaternary nitrogens is 1. The van der Waals surface area contributed by atoms with Crippen molar-refractivity contribution in [2.75, 3.05) is 47.5 Å². The van der Waals surface area contributed by atoms with E-state index in [1.807, 2.05) is 21.1 Å². The molecule has 0 saturated heterocycles. The average Bonchev–Trinajstić information content (AvgIpc) is 3.24. The van der Waals surface area contributed by atoms with Crippen LogP contribution in [0.2, 0.25) is 0 Å². The topological polar surface area (TPSA) is 111 Å². The van der Waals surface area contributed by atoms with Crippen LogP contribution < -0.4 is 4.89 Å². The standard InChI is InChI=1S/C53H102NO8P/c1-6-8-10-12-14-16-18-20-21-22-23-24-25-26-27-28-29-30-31-32-33-34-36-38-40-42-44-46-53(56)62-51(50-61-63(57,58)60-48-47-54(3,4)5)49-59-52(55)45-43-41-39-37-35-19-17-15-13-11-9-7-2/h18,20,22-23,51H,6-17,19,21,24-50H2,1-5H3/b20-18-,23-22-. The van der Waals surface area contributed by atoms with Crippen molar-refractivity contribution >= 4 is 19.8 Å². The van der Waals surface area contributed by atoms with Crippen LogP contribution in [0.4, 0.5) is 0 Å². The number of carbonyl (C=O) groups excluding carboxylic acids is 2. The van der Waals surface area contributed by atoms with Crippen molar-refractivity contribution < 1.29 is 42.1 Å². The number of esters is 2. The molecule has 0 aliphatic heterocycles. The molecule has 0 aromatic rings. The molecule has 0 N–H and O–H groups in total. The molecular weight excluding hydrogens is 810 g/mol. The van der Waals surface area contributed by atoms with Gasteiger partial charge in [0.1, 0.15) is 19.8 Å². The van der Waals surface area contributed by atoms with Gasteiger partial charge in [0.05, 0.1) is 27.7 Å². The van der Waals surface area contributed by atoms with E-state index in [4.69, 9.17) is 18.5 Å². The second-order valence-corrected chi connectivity index (χ2v) is 20.7. The molecular formula is C53H102NO8P. The lowest BCUT2D eigenvalue weighted by Gasteiger charge is -2.28. The number of allylic oxidation sites excluding steroid dienone is 4. The van der Waals surface area contributed by atoms with Gasteiger partial charge in [0, 0.05) is 12.8 Å². The minimum Gasteiger partial charge on any atom is -0.756 e. The summed E-state index contributed by atoms with van der Waals surface area (Å²) in [6.07, 6.45) is 52.2. The van der Waals surface area contributed by atoms with Crippen LogP contribution in [0.5, 0.6) is 0 Å². The zero-order valence-electron chi connectivity index (χ0n) is 42.0. The molecule has 9 nitrogen and oxygen atoms in total. The highest BCUT2D eigenvalue weighted by atomic mass is 31.2. The summed E-state index contributed by atoms with van der Waals surface area (Å²) in [7, 11) is 1.18. The Morgan fingerprint density at radius 2 is 0.857 bits per heavy atom. The van der Waals surface area contributed by atoms with Crippen molar-refractivity contribution in [1.29, 1.82) is 0 Å². The lowest BCUT2D eigenvalue weighted by molar-refractivity contribution is -0.870. The van der Waals surface area contributed by atoms with Crippen LogP contribution in [0.1, 0.15) is 251 Å². The molecule has 0 aliphatic carbocycles. The van der Waals surface area contributed by atoms with E-state index in [0.29, 0.717) is 17.4 Å². The number of hydrogen-bond donors (Lipinski definition) is 0. The van der Waals surface area contributed by atoms with Crippen LogP contribution in [0.3, 0.4) is 0 Å². The molecule has 63 heavy (non-hydrogen) atoms. The first-order chi connectivity index (χ1) is 30.5. The van der Waals surface area contributed by atoms with Gasteiger partial charge in [0.25, 0.3) is 7.82 Å². The van der Waals surface area contributed by atoms with Crippen molar-refractivity contribution in [1.82, 2.24) is 0 Å². The summed E-state index contributed by atoms with van der Waals surface area (Å²) in [4.78, 5) is 37.7. The third-order valence-corrected chi connectivity index (χ3v) is 12.7. The molecule has 372 valence electrons. The summed E-state index contributed by atoms with van der Waals surface area (Å²) in [5.74, 6) is -0.822. The van der Waals surface area contributed by atoms with Crippen molar-refractivity contribution in [2.24, 2.45) is 0 Å². The van der Waals surface area contributed by atoms with Gasteiger partial charge in [0.2, 0.25) is 0 Å². The zero-order valence-corrected chi connectivity index (χ0v) is 42.9. The van der Waals surface area contributed by atoms with Crippen LogP contribution in [-0.2, 0) is 32.7 Å². The molecule has 2 atom stereocenters. The first-order valence-corrected chi connectivity index (χ1v) is 28.0. The number of ether oxygens (including phenoxy) is 2. The Bertz CT molecular complexity index is 1120. The lowest BCUT2D eigenvalue weighted by atomic mass is 10.0. The second-order valence-electron chi connectivity index (χ2n) is 19.2. The molecule has 0 aliphatic rings. The molecule has 0 bridgehead atoms. The highest BCUT2D eigenvalue weighted by molar-refractivity contribution is 7.45. The van der Waals surface area contributed by atoms with Gasteiger partial charge in [-0.05, 0) is 44.9 Å². The van der Waals surface area contributed by atoms with Gasteiger partial charge in [-0.15, -0.1) is 0 Å². The molecule has 0 radical (unpaired) electrons. The van der Waals surface area contributed by atoms with Crippen molar-refractivity contribution in [3.8, 4) is 0 Å². The first kappa shape index (κ1) is 61.5. The van der Waals surface area contributed by atoms with Crippen LogP contribution in [0, 0.1) is 0 Å². The maximum atomic E-state index is 12.7. The molecule has 2 unspecified atom stereocenters. The predicted octanol–water partition coefficient (Wildman–Crippen LogP) is 15.2. The smallest absolute Gasteiger partial charge is 0.306 e. The predicted molar refractivity (Wildman–Crippen MR) is 264 cm³/mol. The van der Waals surface area contributed by atoms with Gasteiger partial charge in [-0.25, -0.2) is 0 Å². The average molecular weight is 912 g/mol. The lowest BCUT2D eigenvalue weighted by Crippen LogP contribution is -2.37. The SMILES string of the molecule is CCCCCCC/C=C\C/C=C\CCCCCCCCCCCCCCCCCC(=O)OC(COC(=O)CCCCCCCCCCCCCC)COP(=O)([O-])OCC[N+](C)(C)C. The van der Waals surface area contributed by atoms with Gasteiger partial charge in [0.15, 0.2) is 6.10 Å². The van der Waals surface area contributed by atoms with E-state index >= 15 is 0 Å². The number of unbranched alkanes of at least 4 members (excludes halogenated alkanes) is 31. The van der Waals surface area contributed by atoms with Crippen molar-refractivity contribution in [3.05, 3.63) is 24.3 Å². The number of hydrogen-bond acceptors (Lipinski definition) is 8. The molecule has 0 aromatic heterocycles. The molecule has 0 saturated carbocycles. The quantitative estimate of drug-likeness (QED) is 0.0195. The number of phosphoric ester groups is 1. The monoisotopic (exact) mass is 912 g/mol. The fraction of sp³-hybridized carbons (Fsp3) is 0.887. The van der Waals surface area contributed by atoms with Gasteiger partial charge in [-0.1, -0.05) is 218 Å². The fourth-order valence-corrected chi connectivity index (χ4v) is 8.30. The third kappa shape index (κ3) is 49.8. The Morgan fingerprint density at radius 3 is 1.25 bits per heavy atom. The van der Waals surface area contributed by atoms with E-state index < -0.39 is 26.5 Å². The molecule has 0 aromatic carbocycles. The Balaban J connectivity index is 4.10. The molecule has 0 amide bonds. The van der Waals surface area contributed by atoms with E-state index in [-0.39, 0.29) is 32.0 Å². The normalized spacial score (nSPS) is 13.6. The van der Waals surface area contributed by atoms with Crippen molar-refractivity contribution in [3.63, 3.8) is 0 Å².